The second-order valence-electron chi connectivity index (χ2n) is 9.11. The number of nitrogens with two attached hydrogens (primary N) is 1. The van der Waals surface area contributed by atoms with Crippen LogP contribution in [0.4, 0.5) is 5.69 Å². The van der Waals surface area contributed by atoms with Gasteiger partial charge in [0.05, 0.1) is 18.7 Å². The summed E-state index contributed by atoms with van der Waals surface area (Å²) in [6.45, 7) is 8.82. The van der Waals surface area contributed by atoms with E-state index >= 15 is 0 Å². The number of methoxy groups -OCH3 is 1. The van der Waals surface area contributed by atoms with Gasteiger partial charge in [0.25, 0.3) is 0 Å². The van der Waals surface area contributed by atoms with Gasteiger partial charge in [-0.25, -0.2) is 0 Å². The van der Waals surface area contributed by atoms with Gasteiger partial charge in [0, 0.05) is 50.9 Å². The summed E-state index contributed by atoms with van der Waals surface area (Å²) in [7, 11) is 1.62. The first-order chi connectivity index (χ1) is 16.1. The van der Waals surface area contributed by atoms with E-state index < -0.39 is 0 Å². The molecule has 1 saturated heterocycles. The molecule has 0 saturated carbocycles. The summed E-state index contributed by atoms with van der Waals surface area (Å²) in [5, 5.41) is 4.44. The molecule has 3 heterocycles. The Kier molecular flexibility index (Phi) is 6.24. The highest BCUT2D eigenvalue weighted by Crippen LogP contribution is 2.39. The van der Waals surface area contributed by atoms with Crippen LogP contribution in [0.3, 0.4) is 0 Å². The Hall–Kier alpha value is -3.03. The van der Waals surface area contributed by atoms with E-state index in [-0.39, 0.29) is 12.0 Å². The van der Waals surface area contributed by atoms with Gasteiger partial charge in [-0.2, -0.15) is 0 Å². The summed E-state index contributed by atoms with van der Waals surface area (Å²) in [6.07, 6.45) is 2.28. The first-order valence-corrected chi connectivity index (χ1v) is 11.6. The van der Waals surface area contributed by atoms with Gasteiger partial charge in [-0.15, -0.1) is 0 Å². The van der Waals surface area contributed by atoms with E-state index in [4.69, 9.17) is 20.0 Å². The second kappa shape index (κ2) is 9.45. The van der Waals surface area contributed by atoms with Crippen LogP contribution in [0.15, 0.2) is 53.2 Å². The summed E-state index contributed by atoms with van der Waals surface area (Å²) in [5.41, 5.74) is 11.1. The van der Waals surface area contributed by atoms with Gasteiger partial charge in [-0.3, -0.25) is 9.80 Å². The van der Waals surface area contributed by atoms with Crippen LogP contribution in [0.1, 0.15) is 18.1 Å². The van der Waals surface area contributed by atoms with Crippen molar-refractivity contribution in [3.05, 3.63) is 59.2 Å². The van der Waals surface area contributed by atoms with E-state index in [1.165, 1.54) is 11.1 Å². The monoisotopic (exact) mass is 448 g/mol. The minimum atomic E-state index is 0.00274. The highest BCUT2D eigenvalue weighted by atomic mass is 16.6. The Bertz CT molecular complexity index is 1050. The number of fused-ring (bicyclic) bond motifs is 3. The van der Waals surface area contributed by atoms with Crippen molar-refractivity contribution in [1.82, 2.24) is 9.80 Å². The van der Waals surface area contributed by atoms with Crippen molar-refractivity contribution in [1.29, 1.82) is 0 Å². The Morgan fingerprint density at radius 3 is 2.67 bits per heavy atom. The molecule has 2 N–H and O–H groups in total. The standard InChI is InChI=1S/C26H32N4O3/c1-18(12-19-6-4-3-5-7-19)15-29-8-10-30(11-9-29)16-25-21-17-32-23-14-22(27)24(31-2)13-20(23)26(21)28-33-25/h3-7,12-14,21,25H,8-11,15-17,27H2,1-2H3. The third kappa shape index (κ3) is 4.70. The van der Waals surface area contributed by atoms with Crippen molar-refractivity contribution in [2.75, 3.05) is 58.7 Å². The van der Waals surface area contributed by atoms with Gasteiger partial charge in [-0.1, -0.05) is 47.1 Å². The molecule has 0 spiro atoms. The average Bonchev–Trinajstić information content (AvgIpc) is 3.23. The molecular formula is C26H32N4O3. The number of anilines is 1. The van der Waals surface area contributed by atoms with Crippen LogP contribution in [-0.4, -0.2) is 74.6 Å². The summed E-state index contributed by atoms with van der Waals surface area (Å²) >= 11 is 0. The van der Waals surface area contributed by atoms with Crippen LogP contribution in [0.25, 0.3) is 6.08 Å². The zero-order chi connectivity index (χ0) is 22.8. The maximum Gasteiger partial charge on any atom is 0.151 e. The van der Waals surface area contributed by atoms with E-state index in [2.05, 4.69) is 58.3 Å². The number of oxime groups is 1. The summed E-state index contributed by atoms with van der Waals surface area (Å²) in [4.78, 5) is 10.9. The second-order valence-corrected chi connectivity index (χ2v) is 9.11. The number of ether oxygens (including phenoxy) is 2. The fraction of sp³-hybridized carbons (Fsp3) is 0.423. The zero-order valence-corrected chi connectivity index (χ0v) is 19.4. The minimum Gasteiger partial charge on any atom is -0.495 e. The molecule has 2 aromatic rings. The number of hydrogen-bond acceptors (Lipinski definition) is 7. The Labute approximate surface area is 195 Å². The highest BCUT2D eigenvalue weighted by Gasteiger charge is 2.41. The summed E-state index contributed by atoms with van der Waals surface area (Å²) in [6, 6.07) is 14.2. The van der Waals surface area contributed by atoms with Crippen molar-refractivity contribution in [2.24, 2.45) is 11.1 Å². The minimum absolute atomic E-state index is 0.00274. The van der Waals surface area contributed by atoms with Crippen LogP contribution in [0, 0.1) is 5.92 Å². The van der Waals surface area contributed by atoms with Crippen LogP contribution >= 0.6 is 0 Å². The van der Waals surface area contributed by atoms with E-state index in [9.17, 15) is 0 Å². The molecule has 0 aromatic heterocycles. The first kappa shape index (κ1) is 21.8. The molecule has 33 heavy (non-hydrogen) atoms. The molecule has 1 fully saturated rings. The lowest BCUT2D eigenvalue weighted by Gasteiger charge is -2.36. The Balaban J connectivity index is 1.15. The number of nitrogen functional groups attached to an aromatic ring is 1. The van der Waals surface area contributed by atoms with Gasteiger partial charge in [0.1, 0.15) is 23.8 Å². The third-order valence-electron chi connectivity index (χ3n) is 6.70. The summed E-state index contributed by atoms with van der Waals surface area (Å²) in [5.74, 6) is 1.51. The van der Waals surface area contributed by atoms with Gasteiger partial charge in [0.15, 0.2) is 6.10 Å². The van der Waals surface area contributed by atoms with Crippen molar-refractivity contribution in [3.63, 3.8) is 0 Å². The zero-order valence-electron chi connectivity index (χ0n) is 19.4. The van der Waals surface area contributed by atoms with Crippen LogP contribution in [0.5, 0.6) is 11.5 Å². The predicted molar refractivity (Wildman–Crippen MR) is 131 cm³/mol. The topological polar surface area (TPSA) is 72.5 Å². The molecule has 174 valence electrons. The number of hydrogen-bond donors (Lipinski definition) is 1. The molecule has 0 amide bonds. The molecule has 2 aromatic carbocycles. The van der Waals surface area contributed by atoms with Crippen LogP contribution < -0.4 is 15.2 Å². The highest BCUT2D eigenvalue weighted by molar-refractivity contribution is 6.07. The summed E-state index contributed by atoms with van der Waals surface area (Å²) < 4.78 is 11.4. The predicted octanol–water partition coefficient (Wildman–Crippen LogP) is 3.11. The molecular weight excluding hydrogens is 416 g/mol. The van der Waals surface area contributed by atoms with Crippen LogP contribution in [-0.2, 0) is 4.84 Å². The van der Waals surface area contributed by atoms with Crippen molar-refractivity contribution < 1.29 is 14.3 Å². The van der Waals surface area contributed by atoms with Crippen molar-refractivity contribution in [3.8, 4) is 11.5 Å². The first-order valence-electron chi connectivity index (χ1n) is 11.6. The average molecular weight is 449 g/mol. The van der Waals surface area contributed by atoms with Crippen LogP contribution in [0.2, 0.25) is 0 Å². The van der Waals surface area contributed by atoms with Crippen molar-refractivity contribution >= 4 is 17.5 Å². The van der Waals surface area contributed by atoms with E-state index in [1.54, 1.807) is 7.11 Å². The third-order valence-corrected chi connectivity index (χ3v) is 6.70. The molecule has 5 rings (SSSR count). The largest absolute Gasteiger partial charge is 0.495 e. The fourth-order valence-corrected chi connectivity index (χ4v) is 4.91. The molecule has 0 bridgehead atoms. The maximum atomic E-state index is 6.03. The lowest BCUT2D eigenvalue weighted by molar-refractivity contribution is 0.0101. The molecule has 7 heteroatoms. The molecule has 3 aliphatic heterocycles. The number of nitrogens with zero attached hydrogens (tertiary/aromatic N) is 3. The fourth-order valence-electron chi connectivity index (χ4n) is 4.91. The normalized spacial score (nSPS) is 23.2. The quantitative estimate of drug-likeness (QED) is 0.685. The molecule has 0 radical (unpaired) electrons. The Morgan fingerprint density at radius 2 is 1.91 bits per heavy atom. The van der Waals surface area contributed by atoms with Crippen molar-refractivity contribution in [2.45, 2.75) is 13.0 Å². The molecule has 2 unspecified atom stereocenters. The van der Waals surface area contributed by atoms with Gasteiger partial charge >= 0.3 is 0 Å². The van der Waals surface area contributed by atoms with E-state index in [1.807, 2.05) is 12.1 Å². The number of benzene rings is 2. The van der Waals surface area contributed by atoms with Gasteiger partial charge in [-0.05, 0) is 18.6 Å². The van der Waals surface area contributed by atoms with Gasteiger partial charge in [0.2, 0.25) is 0 Å². The van der Waals surface area contributed by atoms with E-state index in [0.717, 1.165) is 56.3 Å². The smallest absolute Gasteiger partial charge is 0.151 e. The molecule has 2 atom stereocenters. The molecule has 3 aliphatic rings. The number of piperazine rings is 1. The SMILES string of the molecule is COc1cc2c(cc1N)OCC1C2=NOC1CN1CCN(CC(C)=Cc2ccccc2)CC1. The lowest BCUT2D eigenvalue weighted by atomic mass is 9.89. The van der Waals surface area contributed by atoms with Gasteiger partial charge < -0.3 is 20.0 Å². The number of rotatable bonds is 6. The Morgan fingerprint density at radius 1 is 1.15 bits per heavy atom. The van der Waals surface area contributed by atoms with E-state index in [0.29, 0.717) is 18.0 Å². The lowest BCUT2D eigenvalue weighted by Crippen LogP contribution is -2.50. The molecule has 0 aliphatic carbocycles. The molecule has 7 nitrogen and oxygen atoms in total. The maximum absolute atomic E-state index is 6.03.